The van der Waals surface area contributed by atoms with Crippen LogP contribution >= 0.6 is 0 Å². The number of hydrogen-bond donors (Lipinski definition) is 7. The standard InChI is InChI=1S/C23H34N2O12.C5H12N2O2.C5H10N2O.H2O/c1-23(2,3)37-13-7-6-12(11-34-22(33)25(5)9-8-24(4)21(31)32)14(10-13)35-20-17(28)15(26)16(27)18(36-20)19(29)30;1-6-3-4-7(2)5(8)9;1-6-3-4-7(2)5(6)8;/h6-7,10,15-18,20,26-28H,8-9,11H2,1-5H3,(H,29,30)(H,31,32);6H,3-4H2,1-2H3,(H,8,9);3-4H2,1-2H3;1H2/t15-,16-,17+,18-,20?;;;/m0.../s1/i/hD3. The van der Waals surface area contributed by atoms with E-state index in [0.29, 0.717) is 18.8 Å². The minimum absolute atomic E-state index is 0.00286. The Balaban J connectivity index is 0.00000132. The molecule has 2 fully saturated rings. The molecule has 0 aromatic heterocycles. The van der Waals surface area contributed by atoms with Gasteiger partial charge in [0.05, 0.1) is 0 Å². The first-order chi connectivity index (χ1) is 27.1. The van der Waals surface area contributed by atoms with Crippen LogP contribution in [0.5, 0.6) is 11.5 Å². The molecule has 0 saturated carbocycles. The monoisotopic (exact) mass is 797 g/mol. The molecule has 3 rings (SSSR count). The van der Waals surface area contributed by atoms with E-state index in [4.69, 9.17) is 28.7 Å². The van der Waals surface area contributed by atoms with Gasteiger partial charge in [-0.1, -0.05) is 0 Å². The number of nitrogens with one attached hydrogen (secondary N) is 1. The van der Waals surface area contributed by atoms with Gasteiger partial charge >= 0.3 is 30.3 Å². The van der Waals surface area contributed by atoms with Gasteiger partial charge in [-0.25, -0.2) is 24.0 Å². The summed E-state index contributed by atoms with van der Waals surface area (Å²) in [6.45, 7) is 8.24. The van der Waals surface area contributed by atoms with Crippen molar-refractivity contribution in [3.05, 3.63) is 23.8 Å². The molecule has 2 aliphatic rings. The number of ether oxygens (including phenoxy) is 4. The number of carboxylic acid groups (broad SMARTS) is 3. The highest BCUT2D eigenvalue weighted by Crippen LogP contribution is 2.32. The molecule has 0 bridgehead atoms. The third-order valence-electron chi connectivity index (χ3n) is 7.70. The van der Waals surface area contributed by atoms with Gasteiger partial charge in [-0.15, -0.1) is 0 Å². The van der Waals surface area contributed by atoms with E-state index < -0.39 is 60.6 Å². The Bertz CT molecular complexity index is 1440. The number of benzene rings is 1. The van der Waals surface area contributed by atoms with Gasteiger partial charge in [-0.2, -0.15) is 0 Å². The summed E-state index contributed by atoms with van der Waals surface area (Å²) in [6, 6.07) is 4.66. The fraction of sp³-hybridized carbons (Fsp3) is 0.667. The Hall–Kier alpha value is -4.87. The summed E-state index contributed by atoms with van der Waals surface area (Å²) < 4.78 is 39.6. The van der Waals surface area contributed by atoms with Crippen molar-refractivity contribution in [3.8, 4) is 11.5 Å². The van der Waals surface area contributed by atoms with Crippen LogP contribution < -0.4 is 14.8 Å². The van der Waals surface area contributed by atoms with E-state index in [-0.39, 0.29) is 37.0 Å². The van der Waals surface area contributed by atoms with E-state index in [9.17, 15) is 44.4 Å². The van der Waals surface area contributed by atoms with Crippen LogP contribution in [0.15, 0.2) is 18.2 Å². The van der Waals surface area contributed by atoms with Gasteiger partial charge in [-0.05, 0) is 40.0 Å². The lowest BCUT2D eigenvalue weighted by Gasteiger charge is -2.38. The molecule has 2 saturated heterocycles. The second-order valence-corrected chi connectivity index (χ2v) is 13.4. The molecule has 1 unspecified atom stereocenters. The molecule has 0 radical (unpaired) electrons. The molecule has 2 aliphatic heterocycles. The van der Waals surface area contributed by atoms with Crippen LogP contribution in [0.4, 0.5) is 19.2 Å². The van der Waals surface area contributed by atoms with Crippen LogP contribution in [0.3, 0.4) is 0 Å². The molecule has 1 aromatic rings. The zero-order valence-electron chi connectivity index (χ0n) is 35.5. The van der Waals surface area contributed by atoms with Gasteiger partial charge in [0.15, 0.2) is 6.10 Å². The van der Waals surface area contributed by atoms with Crippen molar-refractivity contribution in [2.24, 2.45) is 0 Å². The van der Waals surface area contributed by atoms with Crippen molar-refractivity contribution >= 4 is 30.3 Å². The summed E-state index contributed by atoms with van der Waals surface area (Å²) in [5.74, 6) is -1.23. The molecule has 22 heteroatoms. The summed E-state index contributed by atoms with van der Waals surface area (Å²) in [4.78, 5) is 63.5. The Kier molecular flexibility index (Phi) is 18.7. The number of amides is 5. The van der Waals surface area contributed by atoms with Crippen molar-refractivity contribution in [1.82, 2.24) is 29.8 Å². The van der Waals surface area contributed by atoms with E-state index >= 15 is 0 Å². The molecule has 55 heavy (non-hydrogen) atoms. The first-order valence-electron chi connectivity index (χ1n) is 18.0. The maximum Gasteiger partial charge on any atom is 0.409 e. The summed E-state index contributed by atoms with van der Waals surface area (Å²) >= 11 is 0. The van der Waals surface area contributed by atoms with E-state index in [1.54, 1.807) is 30.0 Å². The number of aliphatic carboxylic acids is 1. The Morgan fingerprint density at radius 2 is 1.49 bits per heavy atom. The van der Waals surface area contributed by atoms with Gasteiger partial charge < -0.3 is 84.9 Å². The maximum atomic E-state index is 12.4. The second kappa shape index (κ2) is 23.1. The van der Waals surface area contributed by atoms with E-state index in [0.717, 1.165) is 18.0 Å². The van der Waals surface area contributed by atoms with Gasteiger partial charge in [-0.3, -0.25) is 0 Å². The topological polar surface area (TPSA) is 303 Å². The van der Waals surface area contributed by atoms with E-state index in [2.05, 4.69) is 15.5 Å². The third kappa shape index (κ3) is 17.0. The second-order valence-electron chi connectivity index (χ2n) is 13.4. The number of likely N-dealkylation sites (N-methyl/N-ethyl adjacent to an activating group) is 6. The number of urea groups is 1. The Labute approximate surface area is 324 Å². The lowest BCUT2D eigenvalue weighted by Crippen LogP contribution is -2.61. The largest absolute Gasteiger partial charge is 0.488 e. The zero-order valence-corrected chi connectivity index (χ0v) is 32.5. The molecule has 22 nitrogen and oxygen atoms in total. The molecular weight excluding hydrogens is 736 g/mol. The van der Waals surface area contributed by atoms with Crippen molar-refractivity contribution in [2.75, 3.05) is 81.6 Å². The van der Waals surface area contributed by atoms with Crippen LogP contribution in [-0.4, -0.2) is 209 Å². The number of hydrogen-bond acceptors (Lipinski definition) is 15. The quantitative estimate of drug-likeness (QED) is 0.137. The number of carbonyl (C=O) groups is 5. The number of aliphatic hydroxyl groups excluding tert-OH is 3. The van der Waals surface area contributed by atoms with Crippen LogP contribution in [0, 0.1) is 0 Å². The minimum atomic E-state index is -1.89. The summed E-state index contributed by atoms with van der Waals surface area (Å²) in [5, 5.41) is 50.1. The normalized spacial score (nSPS) is 20.9. The van der Waals surface area contributed by atoms with Crippen LogP contribution in [0.1, 0.15) is 27.8 Å². The molecule has 1 aromatic carbocycles. The molecule has 0 spiro atoms. The summed E-state index contributed by atoms with van der Waals surface area (Å²) in [6.07, 6.45) is -11.4. The number of carbonyl (C=O) groups excluding carboxylic acids is 2. The van der Waals surface area contributed by atoms with Gasteiger partial charge in [0.25, 0.3) is 2.86 Å². The predicted octanol–water partition coefficient (Wildman–Crippen LogP) is -0.712. The highest BCUT2D eigenvalue weighted by atomic mass is 16.7. The first-order valence-corrected chi connectivity index (χ1v) is 16.7. The molecular formula is C33H58N6O16. The third-order valence-corrected chi connectivity index (χ3v) is 7.70. The van der Waals surface area contributed by atoms with Gasteiger partial charge in [0.1, 0.15) is 42.0 Å². The maximum absolute atomic E-state index is 12.4. The van der Waals surface area contributed by atoms with Crippen molar-refractivity contribution in [3.63, 3.8) is 0 Å². The molecule has 5 atom stereocenters. The average molecular weight is 798 g/mol. The highest BCUT2D eigenvalue weighted by Gasteiger charge is 2.48. The fourth-order valence-electron chi connectivity index (χ4n) is 4.34. The Morgan fingerprint density at radius 1 is 0.945 bits per heavy atom. The van der Waals surface area contributed by atoms with Crippen molar-refractivity contribution in [1.29, 1.82) is 2.86 Å². The molecule has 0 aliphatic carbocycles. The van der Waals surface area contributed by atoms with E-state index in [1.807, 2.05) is 34.9 Å². The zero-order chi connectivity index (χ0) is 44.9. The van der Waals surface area contributed by atoms with Gasteiger partial charge in [0.2, 0.25) is 7.72 Å². The van der Waals surface area contributed by atoms with Crippen LogP contribution in [0.25, 0.3) is 2.86 Å². The van der Waals surface area contributed by atoms with Gasteiger partial charge in [0, 0.05) is 86.1 Å². The minimum Gasteiger partial charge on any atom is -0.488 e. The number of rotatable bonds is 12. The Morgan fingerprint density at radius 3 is 1.96 bits per heavy atom. The molecule has 5 amide bonds. The smallest absolute Gasteiger partial charge is 0.409 e. The van der Waals surface area contributed by atoms with E-state index in [1.165, 1.54) is 36.0 Å². The fourth-order valence-corrected chi connectivity index (χ4v) is 4.34. The predicted molar refractivity (Wildman–Crippen MR) is 194 cm³/mol. The van der Waals surface area contributed by atoms with Crippen LogP contribution in [-0.2, 0) is 20.9 Å². The summed E-state index contributed by atoms with van der Waals surface area (Å²) in [7, 11) is 9.82. The molecule has 316 valence electrons. The lowest BCUT2D eigenvalue weighted by atomic mass is 9.99. The number of nitrogens with zero attached hydrogens (tertiary/aromatic N) is 5. The SMILES string of the molecule is CN1CCN(C)C1=O.[2H]O.[2H]OC(=O)N(C)CCN(C)C(=O)OCc1ccc(OC(C)(C)C)cc1OC1O[C@H](C(=O)O)[C@@H](O)[C@H](O)[C@H]1O.[2H]OC(=O)N(C)CCNC. The number of aliphatic hydroxyl groups is 3. The van der Waals surface area contributed by atoms with Crippen molar-refractivity contribution in [2.45, 2.75) is 63.7 Å². The highest BCUT2D eigenvalue weighted by molar-refractivity contribution is 5.75. The lowest BCUT2D eigenvalue weighted by molar-refractivity contribution is -0.271. The molecule has 9 N–H and O–H groups in total. The van der Waals surface area contributed by atoms with Crippen LogP contribution in [0.2, 0.25) is 0 Å². The number of carboxylic acids is 1. The average Bonchev–Trinajstić information content (AvgIpc) is 3.48. The molecule has 2 heterocycles. The first kappa shape index (κ1) is 44.5. The summed E-state index contributed by atoms with van der Waals surface area (Å²) in [5.41, 5.74) is 5.94. The van der Waals surface area contributed by atoms with Crippen molar-refractivity contribution < 1.29 is 80.5 Å².